The molecular formula is C19H21Cl2N3O2. The number of amides is 1. The van der Waals surface area contributed by atoms with Crippen molar-refractivity contribution in [2.24, 2.45) is 0 Å². The predicted octanol–water partition coefficient (Wildman–Crippen LogP) is 3.76. The molecule has 26 heavy (non-hydrogen) atoms. The van der Waals surface area contributed by atoms with E-state index in [1.807, 2.05) is 18.2 Å². The van der Waals surface area contributed by atoms with E-state index in [1.165, 1.54) is 0 Å². The van der Waals surface area contributed by atoms with Gasteiger partial charge in [-0.2, -0.15) is 0 Å². The number of para-hydroxylation sites is 2. The molecule has 7 heteroatoms. The molecule has 1 fully saturated rings. The number of methoxy groups -OCH3 is 1. The van der Waals surface area contributed by atoms with Gasteiger partial charge >= 0.3 is 0 Å². The zero-order chi connectivity index (χ0) is 18.5. The van der Waals surface area contributed by atoms with Crippen molar-refractivity contribution in [1.82, 2.24) is 4.90 Å². The van der Waals surface area contributed by atoms with Crippen LogP contribution in [0.25, 0.3) is 0 Å². The molecule has 0 radical (unpaired) electrons. The molecule has 2 aromatic carbocycles. The lowest BCUT2D eigenvalue weighted by molar-refractivity contribution is -0.117. The van der Waals surface area contributed by atoms with Gasteiger partial charge in [-0.15, -0.1) is 0 Å². The summed E-state index contributed by atoms with van der Waals surface area (Å²) in [6.45, 7) is 3.64. The molecule has 0 aromatic heterocycles. The van der Waals surface area contributed by atoms with E-state index in [-0.39, 0.29) is 5.91 Å². The lowest BCUT2D eigenvalue weighted by Crippen LogP contribution is -2.48. The van der Waals surface area contributed by atoms with Gasteiger partial charge in [0.15, 0.2) is 0 Å². The summed E-state index contributed by atoms with van der Waals surface area (Å²) >= 11 is 11.9. The Morgan fingerprint density at radius 2 is 1.73 bits per heavy atom. The maximum atomic E-state index is 12.3. The minimum atomic E-state index is -0.0749. The number of piperazine rings is 1. The smallest absolute Gasteiger partial charge is 0.238 e. The molecule has 0 saturated carbocycles. The normalized spacial score (nSPS) is 15.0. The Labute approximate surface area is 163 Å². The van der Waals surface area contributed by atoms with Crippen molar-refractivity contribution < 1.29 is 9.53 Å². The highest BCUT2D eigenvalue weighted by Crippen LogP contribution is 2.28. The van der Waals surface area contributed by atoms with Crippen molar-refractivity contribution in [3.8, 4) is 5.75 Å². The second-order valence-corrected chi connectivity index (χ2v) is 7.01. The Hall–Kier alpha value is -1.95. The van der Waals surface area contributed by atoms with Crippen LogP contribution in [0.5, 0.6) is 5.75 Å². The first-order chi connectivity index (χ1) is 12.5. The number of hydrogen-bond donors (Lipinski definition) is 1. The fourth-order valence-corrected chi connectivity index (χ4v) is 3.59. The van der Waals surface area contributed by atoms with Crippen LogP contribution in [-0.2, 0) is 4.79 Å². The van der Waals surface area contributed by atoms with E-state index in [1.54, 1.807) is 25.3 Å². The molecule has 1 amide bonds. The number of carbonyl (C=O) groups is 1. The van der Waals surface area contributed by atoms with Crippen LogP contribution in [0, 0.1) is 0 Å². The van der Waals surface area contributed by atoms with Crippen LogP contribution in [0.4, 0.5) is 11.4 Å². The summed E-state index contributed by atoms with van der Waals surface area (Å²) in [7, 11) is 1.68. The van der Waals surface area contributed by atoms with Crippen LogP contribution in [0.2, 0.25) is 10.0 Å². The third kappa shape index (κ3) is 4.81. The molecule has 0 unspecified atom stereocenters. The molecule has 1 aliphatic rings. The average molecular weight is 394 g/mol. The number of halogens is 2. The number of nitrogens with zero attached hydrogens (tertiary/aromatic N) is 2. The average Bonchev–Trinajstić information content (AvgIpc) is 2.61. The van der Waals surface area contributed by atoms with E-state index in [4.69, 9.17) is 27.9 Å². The molecular weight excluding hydrogens is 373 g/mol. The summed E-state index contributed by atoms with van der Waals surface area (Å²) in [5.74, 6) is 0.797. The zero-order valence-electron chi connectivity index (χ0n) is 14.5. The number of rotatable bonds is 5. The van der Waals surface area contributed by atoms with E-state index in [0.29, 0.717) is 22.3 Å². The topological polar surface area (TPSA) is 44.8 Å². The second-order valence-electron chi connectivity index (χ2n) is 6.14. The number of hydrogen-bond acceptors (Lipinski definition) is 4. The van der Waals surface area contributed by atoms with Gasteiger partial charge in [0, 0.05) is 41.9 Å². The quantitative estimate of drug-likeness (QED) is 0.839. The highest BCUT2D eigenvalue weighted by Gasteiger charge is 2.21. The van der Waals surface area contributed by atoms with E-state index in [2.05, 4.69) is 21.2 Å². The molecule has 138 valence electrons. The summed E-state index contributed by atoms with van der Waals surface area (Å²) in [4.78, 5) is 16.7. The van der Waals surface area contributed by atoms with Crippen LogP contribution in [0.3, 0.4) is 0 Å². The molecule has 1 saturated heterocycles. The Morgan fingerprint density at radius 3 is 2.38 bits per heavy atom. The van der Waals surface area contributed by atoms with Gasteiger partial charge in [0.1, 0.15) is 5.75 Å². The molecule has 0 atom stereocenters. The SMILES string of the molecule is COc1ccccc1N1CCN(CC(=O)Nc2cc(Cl)cc(Cl)c2)CC1. The number of ether oxygens (including phenoxy) is 1. The number of anilines is 2. The van der Waals surface area contributed by atoms with Gasteiger partial charge in [0.05, 0.1) is 19.3 Å². The zero-order valence-corrected chi connectivity index (χ0v) is 16.1. The highest BCUT2D eigenvalue weighted by atomic mass is 35.5. The summed E-state index contributed by atoms with van der Waals surface area (Å²) < 4.78 is 5.43. The van der Waals surface area contributed by atoms with Crippen LogP contribution in [-0.4, -0.2) is 50.6 Å². The molecule has 0 spiro atoms. The van der Waals surface area contributed by atoms with Gasteiger partial charge in [0.25, 0.3) is 0 Å². The number of benzene rings is 2. The molecule has 1 N–H and O–H groups in total. The molecule has 2 aromatic rings. The van der Waals surface area contributed by atoms with E-state index < -0.39 is 0 Å². The first-order valence-corrected chi connectivity index (χ1v) is 9.17. The predicted molar refractivity (Wildman–Crippen MR) is 107 cm³/mol. The molecule has 5 nitrogen and oxygen atoms in total. The van der Waals surface area contributed by atoms with Gasteiger partial charge in [-0.3, -0.25) is 9.69 Å². The first-order valence-electron chi connectivity index (χ1n) is 8.41. The maximum Gasteiger partial charge on any atom is 0.238 e. The van der Waals surface area contributed by atoms with Crippen LogP contribution in [0.15, 0.2) is 42.5 Å². The van der Waals surface area contributed by atoms with Crippen molar-refractivity contribution >= 4 is 40.5 Å². The van der Waals surface area contributed by atoms with Gasteiger partial charge in [0.2, 0.25) is 5.91 Å². The first kappa shape index (κ1) is 18.8. The standard InChI is InChI=1S/C19H21Cl2N3O2/c1-26-18-5-3-2-4-17(18)24-8-6-23(7-9-24)13-19(25)22-16-11-14(20)10-15(21)12-16/h2-5,10-12H,6-9,13H2,1H3,(H,22,25). The summed E-state index contributed by atoms with van der Waals surface area (Å²) in [6, 6.07) is 13.0. The van der Waals surface area contributed by atoms with E-state index >= 15 is 0 Å². The van der Waals surface area contributed by atoms with Gasteiger partial charge < -0.3 is 15.0 Å². The van der Waals surface area contributed by atoms with Crippen molar-refractivity contribution in [3.05, 3.63) is 52.5 Å². The fraction of sp³-hybridized carbons (Fsp3) is 0.316. The summed E-state index contributed by atoms with van der Waals surface area (Å²) in [5, 5.41) is 3.85. The third-order valence-corrected chi connectivity index (χ3v) is 4.75. The molecule has 1 aliphatic heterocycles. The Morgan fingerprint density at radius 1 is 1.08 bits per heavy atom. The van der Waals surface area contributed by atoms with Crippen molar-refractivity contribution in [3.63, 3.8) is 0 Å². The van der Waals surface area contributed by atoms with Gasteiger partial charge in [-0.25, -0.2) is 0 Å². The molecule has 3 rings (SSSR count). The monoisotopic (exact) mass is 393 g/mol. The van der Waals surface area contributed by atoms with Crippen molar-refractivity contribution in [2.45, 2.75) is 0 Å². The van der Waals surface area contributed by atoms with Crippen molar-refractivity contribution in [1.29, 1.82) is 0 Å². The fourth-order valence-electron chi connectivity index (χ4n) is 3.07. The van der Waals surface area contributed by atoms with Crippen molar-refractivity contribution in [2.75, 3.05) is 50.1 Å². The van der Waals surface area contributed by atoms with E-state index in [0.717, 1.165) is 37.6 Å². The van der Waals surface area contributed by atoms with E-state index in [9.17, 15) is 4.79 Å². The second kappa shape index (κ2) is 8.62. The lowest BCUT2D eigenvalue weighted by Gasteiger charge is -2.36. The summed E-state index contributed by atoms with van der Waals surface area (Å²) in [5.41, 5.74) is 1.70. The van der Waals surface area contributed by atoms with Crippen LogP contribution in [0.1, 0.15) is 0 Å². The summed E-state index contributed by atoms with van der Waals surface area (Å²) in [6.07, 6.45) is 0. The molecule has 1 heterocycles. The highest BCUT2D eigenvalue weighted by molar-refractivity contribution is 6.35. The maximum absolute atomic E-state index is 12.3. The molecule has 0 bridgehead atoms. The number of nitrogens with one attached hydrogen (secondary N) is 1. The van der Waals surface area contributed by atoms with Gasteiger partial charge in [-0.1, -0.05) is 35.3 Å². The largest absolute Gasteiger partial charge is 0.495 e. The van der Waals surface area contributed by atoms with Crippen LogP contribution >= 0.6 is 23.2 Å². The number of carbonyl (C=O) groups excluding carboxylic acids is 1. The molecule has 0 aliphatic carbocycles. The Balaban J connectivity index is 1.53. The minimum Gasteiger partial charge on any atom is -0.495 e. The Bertz CT molecular complexity index is 757. The minimum absolute atomic E-state index is 0.0749. The Kier molecular flexibility index (Phi) is 6.25. The van der Waals surface area contributed by atoms with Crippen LogP contribution < -0.4 is 15.0 Å². The lowest BCUT2D eigenvalue weighted by atomic mass is 10.2. The van der Waals surface area contributed by atoms with Gasteiger partial charge in [-0.05, 0) is 30.3 Å². The third-order valence-electron chi connectivity index (χ3n) is 4.31.